The minimum absolute atomic E-state index is 0.300. The van der Waals surface area contributed by atoms with Crippen LogP contribution in [0.3, 0.4) is 0 Å². The van der Waals surface area contributed by atoms with Crippen LogP contribution >= 0.6 is 0 Å². The Morgan fingerprint density at radius 3 is 2.89 bits per heavy atom. The molecule has 3 aliphatic rings. The van der Waals surface area contributed by atoms with E-state index >= 15 is 0 Å². The Bertz CT molecular complexity index is 360. The molecule has 2 saturated carbocycles. The van der Waals surface area contributed by atoms with Crippen molar-refractivity contribution in [3.05, 3.63) is 11.6 Å². The standard InChI is InChI=1S/C17H27NO/c19-17(12-16-11-14-6-7-15(16)10-14)18-9-8-13-4-2-1-3-5-13/h4,14-16H,1-3,5-12H2,(H,18,19)/t14-,15+,16-/m0/s1. The topological polar surface area (TPSA) is 29.1 Å². The molecule has 3 aliphatic carbocycles. The van der Waals surface area contributed by atoms with Crippen LogP contribution in [0.4, 0.5) is 0 Å². The predicted molar refractivity (Wildman–Crippen MR) is 77.7 cm³/mol. The van der Waals surface area contributed by atoms with Gasteiger partial charge in [0.05, 0.1) is 0 Å². The fourth-order valence-electron chi connectivity index (χ4n) is 4.43. The van der Waals surface area contributed by atoms with Crippen molar-refractivity contribution in [2.24, 2.45) is 17.8 Å². The van der Waals surface area contributed by atoms with Crippen LogP contribution in [0.5, 0.6) is 0 Å². The Morgan fingerprint density at radius 1 is 1.26 bits per heavy atom. The fraction of sp³-hybridized carbons (Fsp3) is 0.824. The number of fused-ring (bicyclic) bond motifs is 2. The van der Waals surface area contributed by atoms with Gasteiger partial charge in [0.1, 0.15) is 0 Å². The van der Waals surface area contributed by atoms with Crippen molar-refractivity contribution >= 4 is 5.91 Å². The summed E-state index contributed by atoms with van der Waals surface area (Å²) in [6.45, 7) is 0.853. The highest BCUT2D eigenvalue weighted by Gasteiger charge is 2.39. The summed E-state index contributed by atoms with van der Waals surface area (Å²) in [5.74, 6) is 2.83. The quantitative estimate of drug-likeness (QED) is 0.749. The van der Waals surface area contributed by atoms with Gasteiger partial charge in [-0.15, -0.1) is 0 Å². The van der Waals surface area contributed by atoms with Crippen LogP contribution in [-0.2, 0) is 4.79 Å². The molecule has 19 heavy (non-hydrogen) atoms. The maximum Gasteiger partial charge on any atom is 0.220 e. The number of amides is 1. The van der Waals surface area contributed by atoms with Crippen molar-refractivity contribution in [1.29, 1.82) is 0 Å². The molecule has 0 spiro atoms. The molecule has 0 heterocycles. The van der Waals surface area contributed by atoms with Crippen LogP contribution < -0.4 is 5.32 Å². The van der Waals surface area contributed by atoms with Crippen LogP contribution in [0.25, 0.3) is 0 Å². The van der Waals surface area contributed by atoms with E-state index in [1.807, 2.05) is 0 Å². The number of carbonyl (C=O) groups excluding carboxylic acids is 1. The van der Waals surface area contributed by atoms with Crippen molar-refractivity contribution in [3.8, 4) is 0 Å². The van der Waals surface area contributed by atoms with E-state index in [1.165, 1.54) is 51.4 Å². The third kappa shape index (κ3) is 3.40. The molecule has 2 fully saturated rings. The Morgan fingerprint density at radius 2 is 2.21 bits per heavy atom. The van der Waals surface area contributed by atoms with Crippen LogP contribution in [0.1, 0.15) is 64.2 Å². The summed E-state index contributed by atoms with van der Waals surface area (Å²) in [7, 11) is 0. The van der Waals surface area contributed by atoms with Gasteiger partial charge in [0.2, 0.25) is 5.91 Å². The van der Waals surface area contributed by atoms with Crippen molar-refractivity contribution in [2.75, 3.05) is 6.54 Å². The fourth-order valence-corrected chi connectivity index (χ4v) is 4.43. The molecule has 0 saturated heterocycles. The number of hydrogen-bond acceptors (Lipinski definition) is 1. The average molecular weight is 261 g/mol. The summed E-state index contributed by atoms with van der Waals surface area (Å²) in [4.78, 5) is 12.0. The highest BCUT2D eigenvalue weighted by molar-refractivity contribution is 5.76. The highest BCUT2D eigenvalue weighted by Crippen LogP contribution is 2.49. The van der Waals surface area contributed by atoms with E-state index in [0.29, 0.717) is 11.8 Å². The smallest absolute Gasteiger partial charge is 0.220 e. The zero-order chi connectivity index (χ0) is 13.1. The molecule has 0 aliphatic heterocycles. The van der Waals surface area contributed by atoms with Crippen molar-refractivity contribution in [3.63, 3.8) is 0 Å². The first kappa shape index (κ1) is 13.2. The number of carbonyl (C=O) groups is 1. The van der Waals surface area contributed by atoms with Gasteiger partial charge in [0.25, 0.3) is 0 Å². The summed E-state index contributed by atoms with van der Waals surface area (Å²) >= 11 is 0. The third-order valence-electron chi connectivity index (χ3n) is 5.49. The largest absolute Gasteiger partial charge is 0.356 e. The lowest BCUT2D eigenvalue weighted by Crippen LogP contribution is -2.28. The maximum atomic E-state index is 12.0. The minimum Gasteiger partial charge on any atom is -0.356 e. The molecule has 3 atom stereocenters. The second-order valence-electron chi connectivity index (χ2n) is 6.85. The Hall–Kier alpha value is -0.790. The Labute approximate surface area is 117 Å². The summed E-state index contributed by atoms with van der Waals surface area (Å²) in [6, 6.07) is 0. The molecular weight excluding hydrogens is 234 g/mol. The van der Waals surface area contributed by atoms with Crippen LogP contribution in [0.2, 0.25) is 0 Å². The van der Waals surface area contributed by atoms with Gasteiger partial charge in [-0.3, -0.25) is 4.79 Å². The second-order valence-corrected chi connectivity index (χ2v) is 6.85. The van der Waals surface area contributed by atoms with Crippen LogP contribution in [-0.4, -0.2) is 12.5 Å². The molecule has 0 aromatic carbocycles. The molecule has 2 nitrogen and oxygen atoms in total. The summed E-state index contributed by atoms with van der Waals surface area (Å²) in [6.07, 6.45) is 15.0. The van der Waals surface area contributed by atoms with E-state index in [0.717, 1.165) is 31.2 Å². The first-order chi connectivity index (χ1) is 9.31. The monoisotopic (exact) mass is 261 g/mol. The average Bonchev–Trinajstić information content (AvgIpc) is 3.02. The van der Waals surface area contributed by atoms with Gasteiger partial charge >= 0.3 is 0 Å². The lowest BCUT2D eigenvalue weighted by Gasteiger charge is -2.21. The van der Waals surface area contributed by atoms with Crippen molar-refractivity contribution in [2.45, 2.75) is 64.2 Å². The van der Waals surface area contributed by atoms with Crippen LogP contribution in [0.15, 0.2) is 11.6 Å². The number of allylic oxidation sites excluding steroid dienone is 1. The lowest BCUT2D eigenvalue weighted by molar-refractivity contribution is -0.122. The normalized spacial score (nSPS) is 33.3. The molecular formula is C17H27NO. The van der Waals surface area contributed by atoms with E-state index in [4.69, 9.17) is 0 Å². The van der Waals surface area contributed by atoms with E-state index in [1.54, 1.807) is 5.57 Å². The van der Waals surface area contributed by atoms with E-state index < -0.39 is 0 Å². The molecule has 0 aromatic rings. The molecule has 106 valence electrons. The summed E-state index contributed by atoms with van der Waals surface area (Å²) in [5.41, 5.74) is 1.56. The zero-order valence-electron chi connectivity index (χ0n) is 12.0. The molecule has 2 bridgehead atoms. The lowest BCUT2D eigenvalue weighted by atomic mass is 9.86. The number of rotatable bonds is 5. The Balaban J connectivity index is 1.34. The summed E-state index contributed by atoms with van der Waals surface area (Å²) < 4.78 is 0. The van der Waals surface area contributed by atoms with Gasteiger partial charge in [-0.1, -0.05) is 18.1 Å². The van der Waals surface area contributed by atoms with Crippen LogP contribution in [0, 0.1) is 17.8 Å². The molecule has 0 aromatic heterocycles. The summed E-state index contributed by atoms with van der Waals surface area (Å²) in [5, 5.41) is 3.14. The number of hydrogen-bond donors (Lipinski definition) is 1. The Kier molecular flexibility index (Phi) is 4.24. The van der Waals surface area contributed by atoms with E-state index in [9.17, 15) is 4.79 Å². The zero-order valence-corrected chi connectivity index (χ0v) is 12.0. The molecule has 0 unspecified atom stereocenters. The first-order valence-electron chi connectivity index (χ1n) is 8.26. The highest BCUT2D eigenvalue weighted by atomic mass is 16.1. The van der Waals surface area contributed by atoms with Crippen molar-refractivity contribution in [1.82, 2.24) is 5.32 Å². The molecule has 3 rings (SSSR count). The SMILES string of the molecule is O=C(C[C@@H]1C[C@H]2CC[C@@H]1C2)NCCC1=CCCCC1. The van der Waals surface area contributed by atoms with Gasteiger partial charge in [-0.2, -0.15) is 0 Å². The van der Waals surface area contributed by atoms with Gasteiger partial charge in [0, 0.05) is 13.0 Å². The van der Waals surface area contributed by atoms with Crippen molar-refractivity contribution < 1.29 is 4.79 Å². The minimum atomic E-state index is 0.300. The van der Waals surface area contributed by atoms with Gasteiger partial charge in [-0.25, -0.2) is 0 Å². The molecule has 1 N–H and O–H groups in total. The predicted octanol–water partition coefficient (Wildman–Crippen LogP) is 3.82. The molecule has 1 amide bonds. The second kappa shape index (κ2) is 6.11. The van der Waals surface area contributed by atoms with E-state index in [-0.39, 0.29) is 0 Å². The number of nitrogens with one attached hydrogen (secondary N) is 1. The van der Waals surface area contributed by atoms with Gasteiger partial charge in [-0.05, 0) is 69.1 Å². The van der Waals surface area contributed by atoms with Gasteiger partial charge < -0.3 is 5.32 Å². The first-order valence-corrected chi connectivity index (χ1v) is 8.26. The molecule has 0 radical (unpaired) electrons. The van der Waals surface area contributed by atoms with E-state index in [2.05, 4.69) is 11.4 Å². The third-order valence-corrected chi connectivity index (χ3v) is 5.49. The molecule has 2 heteroatoms. The van der Waals surface area contributed by atoms with Gasteiger partial charge in [0.15, 0.2) is 0 Å². The maximum absolute atomic E-state index is 12.0.